The maximum Gasteiger partial charge on any atom is 0.260 e. The molecule has 0 bridgehead atoms. The van der Waals surface area contributed by atoms with E-state index in [0.29, 0.717) is 55.7 Å². The molecule has 0 saturated carbocycles. The largest absolute Gasteiger partial charge is 0.394 e. The maximum absolute atomic E-state index is 14.1. The van der Waals surface area contributed by atoms with Gasteiger partial charge in [0.05, 0.1) is 29.9 Å². The number of rotatable bonds is 27. The van der Waals surface area contributed by atoms with E-state index >= 15 is 0 Å². The summed E-state index contributed by atoms with van der Waals surface area (Å²) in [6.45, 7) is 9.87. The molecule has 4 atom stereocenters. The number of Topliss-reactive ketones (excluding diaryl/α,β-unsaturated/α-hetero) is 1. The molecular weight excluding hydrogens is 803 g/mol. The minimum Gasteiger partial charge on any atom is -0.394 e. The number of fused-ring (bicyclic) bond motifs is 3. The van der Waals surface area contributed by atoms with Crippen LogP contribution in [0.15, 0.2) is 59.6 Å². The zero-order chi connectivity index (χ0) is 45.9. The molecule has 2 aromatic carbocycles. The Morgan fingerprint density at radius 2 is 1.59 bits per heavy atom. The number of aliphatic hydroxyl groups is 1. The first-order chi connectivity index (χ1) is 30.3. The fourth-order valence-corrected chi connectivity index (χ4v) is 7.39. The predicted octanol–water partition coefficient (Wildman–Crippen LogP) is 3.65. The third kappa shape index (κ3) is 14.3. The normalized spacial score (nSPS) is 13.5. The van der Waals surface area contributed by atoms with E-state index in [4.69, 9.17) is 21.4 Å². The number of hydrazine groups is 1. The number of carbonyl (C=O) groups excluding carboxylic acids is 5. The summed E-state index contributed by atoms with van der Waals surface area (Å²) in [7, 11) is 0. The Balaban J connectivity index is 1.59. The lowest BCUT2D eigenvalue weighted by molar-refractivity contribution is -0.140. The SMILES string of the molecule is CCCCc1nc2c(NNC(=O)C(CCCN=CN)NC(=O)C(NC(=O)C(CC(C)C)C(=O)C(CO)NC(=O)CCCCN)C(C)C)nc3ccccc3c2n1Cc1ccccc1. The van der Waals surface area contributed by atoms with Gasteiger partial charge < -0.3 is 37.1 Å². The molecule has 4 rings (SSSR count). The summed E-state index contributed by atoms with van der Waals surface area (Å²) in [6.07, 6.45) is 5.74. The standard InChI is InChI=1S/C46H67N11O6/c1-6-7-21-37-53-40-41(57(37)26-31-16-9-8-10-17-31)32-18-11-12-19-34(32)51-43(40)55-56-45(62)35(20-15-24-49-28-48)52-46(63)39(30(4)5)54-44(61)33(25-29(2)3)42(60)36(27-58)50-38(59)22-13-14-23-47/h8-12,16-19,28-30,33,35-36,39,58H,6-7,13-15,20-27,47H2,1-5H3,(H2,48,49)(H,50,59)(H,51,55)(H,52,63)(H,54,61)(H,56,62). The monoisotopic (exact) mass is 870 g/mol. The van der Waals surface area contributed by atoms with Crippen LogP contribution in [0.4, 0.5) is 5.82 Å². The first-order valence-electron chi connectivity index (χ1n) is 22.2. The number of aliphatic imine (C=N–C) groups is 1. The molecule has 4 amide bonds. The summed E-state index contributed by atoms with van der Waals surface area (Å²) < 4.78 is 2.21. The molecule has 0 spiro atoms. The Hall–Kier alpha value is -5.94. The number of nitrogens with zero attached hydrogens (tertiary/aromatic N) is 4. The third-order valence-corrected chi connectivity index (χ3v) is 10.8. The van der Waals surface area contributed by atoms with Crippen LogP contribution >= 0.6 is 0 Å². The first-order valence-corrected chi connectivity index (χ1v) is 22.2. The summed E-state index contributed by atoms with van der Waals surface area (Å²) in [5, 5.41) is 19.1. The van der Waals surface area contributed by atoms with Gasteiger partial charge in [-0.05, 0) is 68.5 Å². The van der Waals surface area contributed by atoms with Gasteiger partial charge in [-0.25, -0.2) is 9.97 Å². The molecule has 0 aliphatic carbocycles. The number of amides is 4. The zero-order valence-electron chi connectivity index (χ0n) is 37.4. The molecule has 0 aliphatic rings. The van der Waals surface area contributed by atoms with Crippen molar-refractivity contribution in [2.75, 3.05) is 25.1 Å². The summed E-state index contributed by atoms with van der Waals surface area (Å²) in [5.74, 6) is -3.69. The van der Waals surface area contributed by atoms with Crippen LogP contribution in [0.25, 0.3) is 21.9 Å². The van der Waals surface area contributed by atoms with E-state index in [1.54, 1.807) is 13.8 Å². The second kappa shape index (κ2) is 25.2. The summed E-state index contributed by atoms with van der Waals surface area (Å²) in [6, 6.07) is 14.4. The van der Waals surface area contributed by atoms with E-state index in [1.807, 2.05) is 56.3 Å². The number of aryl methyl sites for hydroxylation is 1. The molecule has 10 N–H and O–H groups in total. The number of para-hydroxylation sites is 1. The lowest BCUT2D eigenvalue weighted by Gasteiger charge is -2.28. The van der Waals surface area contributed by atoms with Crippen molar-refractivity contribution in [3.8, 4) is 0 Å². The van der Waals surface area contributed by atoms with Crippen LogP contribution in [0.5, 0.6) is 0 Å². The van der Waals surface area contributed by atoms with Crippen molar-refractivity contribution < 1.29 is 29.1 Å². The number of hydrogen-bond donors (Lipinski definition) is 8. The van der Waals surface area contributed by atoms with Crippen LogP contribution in [-0.2, 0) is 36.9 Å². The molecule has 63 heavy (non-hydrogen) atoms. The lowest BCUT2D eigenvalue weighted by atomic mass is 9.88. The van der Waals surface area contributed by atoms with Crippen molar-refractivity contribution in [1.29, 1.82) is 0 Å². The van der Waals surface area contributed by atoms with E-state index < -0.39 is 66.0 Å². The number of ketones is 1. The Kier molecular flexibility index (Phi) is 19.9. The van der Waals surface area contributed by atoms with Gasteiger partial charge >= 0.3 is 0 Å². The molecule has 2 heterocycles. The van der Waals surface area contributed by atoms with Gasteiger partial charge in [-0.3, -0.25) is 39.8 Å². The molecule has 4 aromatic rings. The quantitative estimate of drug-likeness (QED) is 0.0141. The van der Waals surface area contributed by atoms with Gasteiger partial charge in [0, 0.05) is 31.3 Å². The van der Waals surface area contributed by atoms with Crippen molar-refractivity contribution >= 4 is 63.5 Å². The number of hydrogen-bond acceptors (Lipinski definition) is 11. The summed E-state index contributed by atoms with van der Waals surface area (Å²) >= 11 is 0. The highest BCUT2D eigenvalue weighted by Gasteiger charge is 2.37. The van der Waals surface area contributed by atoms with Crippen LogP contribution < -0.4 is 38.3 Å². The van der Waals surface area contributed by atoms with Gasteiger partial charge in [-0.15, -0.1) is 0 Å². The summed E-state index contributed by atoms with van der Waals surface area (Å²) in [5.41, 5.74) is 20.0. The Bertz CT molecular complexity index is 2160. The predicted molar refractivity (Wildman–Crippen MR) is 246 cm³/mol. The molecule has 0 radical (unpaired) electrons. The van der Waals surface area contributed by atoms with E-state index in [9.17, 15) is 29.1 Å². The number of unbranched alkanes of at least 4 members (excludes halogenated alkanes) is 2. The van der Waals surface area contributed by atoms with Crippen LogP contribution in [0.1, 0.15) is 97.4 Å². The van der Waals surface area contributed by atoms with Crippen LogP contribution in [0, 0.1) is 17.8 Å². The minimum atomic E-state index is -1.31. The number of benzene rings is 2. The van der Waals surface area contributed by atoms with E-state index in [-0.39, 0.29) is 25.2 Å². The van der Waals surface area contributed by atoms with E-state index in [1.165, 1.54) is 6.34 Å². The van der Waals surface area contributed by atoms with Gasteiger partial charge in [-0.1, -0.05) is 89.6 Å². The van der Waals surface area contributed by atoms with Crippen molar-refractivity contribution in [3.05, 3.63) is 66.0 Å². The molecule has 342 valence electrons. The minimum absolute atomic E-state index is 0.107. The van der Waals surface area contributed by atoms with Crippen molar-refractivity contribution in [2.45, 2.75) is 117 Å². The van der Waals surface area contributed by atoms with Crippen LogP contribution in [-0.4, -0.2) is 93.2 Å². The fraction of sp³-hybridized carbons (Fsp3) is 0.522. The molecular formula is C46H67N11O6. The molecule has 0 aliphatic heterocycles. The summed E-state index contributed by atoms with van der Waals surface area (Å²) in [4.78, 5) is 82.4. The van der Waals surface area contributed by atoms with Gasteiger partial charge in [0.2, 0.25) is 17.7 Å². The number of nitrogens with one attached hydrogen (secondary N) is 5. The third-order valence-electron chi connectivity index (χ3n) is 10.8. The van der Waals surface area contributed by atoms with Crippen LogP contribution in [0.2, 0.25) is 0 Å². The fourth-order valence-electron chi connectivity index (χ4n) is 7.39. The molecule has 17 heteroatoms. The topological polar surface area (TPSA) is 261 Å². The number of aromatic nitrogens is 3. The maximum atomic E-state index is 14.1. The number of nitrogens with two attached hydrogens (primary N) is 2. The highest BCUT2D eigenvalue weighted by atomic mass is 16.3. The van der Waals surface area contributed by atoms with Crippen LogP contribution in [0.3, 0.4) is 0 Å². The number of aliphatic hydroxyl groups excluding tert-OH is 1. The van der Waals surface area contributed by atoms with Gasteiger partial charge in [0.15, 0.2) is 11.6 Å². The molecule has 2 aromatic heterocycles. The van der Waals surface area contributed by atoms with E-state index in [0.717, 1.165) is 41.6 Å². The van der Waals surface area contributed by atoms with Crippen molar-refractivity contribution in [2.24, 2.45) is 34.2 Å². The Morgan fingerprint density at radius 1 is 0.857 bits per heavy atom. The van der Waals surface area contributed by atoms with Crippen molar-refractivity contribution in [3.63, 3.8) is 0 Å². The Morgan fingerprint density at radius 3 is 2.25 bits per heavy atom. The molecule has 0 saturated heterocycles. The first kappa shape index (κ1) is 49.7. The molecule has 0 fully saturated rings. The molecule has 17 nitrogen and oxygen atoms in total. The zero-order valence-corrected chi connectivity index (χ0v) is 37.4. The van der Waals surface area contributed by atoms with Gasteiger partial charge in [0.25, 0.3) is 5.91 Å². The number of pyridine rings is 1. The second-order valence-corrected chi connectivity index (χ2v) is 16.6. The number of carbonyl (C=O) groups is 5. The van der Waals surface area contributed by atoms with E-state index in [2.05, 4.69) is 55.4 Å². The van der Waals surface area contributed by atoms with Crippen molar-refractivity contribution in [1.82, 2.24) is 35.9 Å². The number of imidazole rings is 1. The number of anilines is 1. The molecule has 4 unspecified atom stereocenters. The van der Waals surface area contributed by atoms with Gasteiger partial charge in [0.1, 0.15) is 29.5 Å². The second-order valence-electron chi connectivity index (χ2n) is 16.6. The average Bonchev–Trinajstić information content (AvgIpc) is 3.63. The smallest absolute Gasteiger partial charge is 0.260 e. The highest BCUT2D eigenvalue weighted by molar-refractivity contribution is 6.08. The highest BCUT2D eigenvalue weighted by Crippen LogP contribution is 2.31. The lowest BCUT2D eigenvalue weighted by Crippen LogP contribution is -2.58. The average molecular weight is 870 g/mol. The Labute approximate surface area is 370 Å². The van der Waals surface area contributed by atoms with Gasteiger partial charge in [-0.2, -0.15) is 0 Å².